The van der Waals surface area contributed by atoms with Crippen LogP contribution in [-0.4, -0.2) is 53.7 Å². The fourth-order valence-corrected chi connectivity index (χ4v) is 3.34. The van der Waals surface area contributed by atoms with Crippen molar-refractivity contribution in [1.82, 2.24) is 10.2 Å². The monoisotopic (exact) mass is 485 g/mol. The van der Waals surface area contributed by atoms with E-state index in [2.05, 4.69) is 10.6 Å². The predicted molar refractivity (Wildman–Crippen MR) is 133 cm³/mol. The minimum atomic E-state index is -1.13. The second-order valence-corrected chi connectivity index (χ2v) is 8.98. The maximum atomic E-state index is 13.5. The number of hydrogen-bond donors (Lipinski definition) is 3. The molecule has 0 aromatic heterocycles. The summed E-state index contributed by atoms with van der Waals surface area (Å²) in [4.78, 5) is 40.2. The first-order valence-electron chi connectivity index (χ1n) is 11.5. The number of alkyl carbamates (subject to hydrolysis) is 1. The molecule has 0 aliphatic carbocycles. The van der Waals surface area contributed by atoms with Gasteiger partial charge < -0.3 is 30.1 Å². The second kappa shape index (κ2) is 12.6. The molecule has 0 heterocycles. The van der Waals surface area contributed by atoms with Gasteiger partial charge >= 0.3 is 6.09 Å². The maximum Gasteiger partial charge on any atom is 0.408 e. The number of anilines is 1. The third kappa shape index (κ3) is 8.51. The highest BCUT2D eigenvalue weighted by Crippen LogP contribution is 2.30. The number of unbranched alkanes of at least 4 members (excludes halogenated alkanes) is 1. The zero-order valence-corrected chi connectivity index (χ0v) is 21.0. The van der Waals surface area contributed by atoms with Gasteiger partial charge in [-0.15, -0.1) is 0 Å². The lowest BCUT2D eigenvalue weighted by Gasteiger charge is -2.32. The fourth-order valence-electron chi connectivity index (χ4n) is 3.34. The number of benzene rings is 2. The first-order chi connectivity index (χ1) is 16.6. The van der Waals surface area contributed by atoms with E-state index in [9.17, 15) is 19.5 Å². The van der Waals surface area contributed by atoms with Gasteiger partial charge in [0, 0.05) is 17.8 Å². The van der Waals surface area contributed by atoms with Crippen molar-refractivity contribution in [3.05, 3.63) is 54.1 Å². The van der Waals surface area contributed by atoms with Gasteiger partial charge in [0.2, 0.25) is 5.91 Å². The first-order valence-corrected chi connectivity index (χ1v) is 11.5. The predicted octanol–water partition coefficient (Wildman–Crippen LogP) is 4.23. The molecule has 2 aromatic carbocycles. The number of hydrogen-bond acceptors (Lipinski definition) is 6. The molecule has 0 radical (unpaired) electrons. The lowest BCUT2D eigenvalue weighted by Crippen LogP contribution is -2.47. The highest BCUT2D eigenvalue weighted by molar-refractivity contribution is 5.98. The van der Waals surface area contributed by atoms with Gasteiger partial charge in [0.25, 0.3) is 5.91 Å². The molecule has 0 bridgehead atoms. The summed E-state index contributed by atoms with van der Waals surface area (Å²) in [7, 11) is 1.55. The van der Waals surface area contributed by atoms with Crippen LogP contribution in [0.4, 0.5) is 10.5 Å². The molecule has 0 fully saturated rings. The molecule has 3 N–H and O–H groups in total. The summed E-state index contributed by atoms with van der Waals surface area (Å²) < 4.78 is 10.4. The number of nitrogens with zero attached hydrogens (tertiary/aromatic N) is 1. The number of para-hydroxylation sites is 1. The Labute approximate surface area is 206 Å². The second-order valence-electron chi connectivity index (χ2n) is 8.98. The van der Waals surface area contributed by atoms with Gasteiger partial charge in [-0.25, -0.2) is 4.79 Å². The third-order valence-electron chi connectivity index (χ3n) is 5.00. The summed E-state index contributed by atoms with van der Waals surface area (Å²) in [5.74, 6) is -0.467. The molecule has 1 atom stereocenters. The minimum absolute atomic E-state index is 0.114. The number of amides is 3. The van der Waals surface area contributed by atoms with Crippen molar-refractivity contribution in [2.24, 2.45) is 0 Å². The molecular formula is C26H35N3O6. The van der Waals surface area contributed by atoms with Crippen LogP contribution in [-0.2, 0) is 14.3 Å². The number of phenolic OH excluding ortho intramolecular Hbond substituents is 1. The number of aromatic hydroxyl groups is 1. The molecule has 0 aliphatic rings. The normalized spacial score (nSPS) is 11.8. The maximum absolute atomic E-state index is 13.5. The van der Waals surface area contributed by atoms with Gasteiger partial charge in [-0.2, -0.15) is 0 Å². The first kappa shape index (κ1) is 27.5. The summed E-state index contributed by atoms with van der Waals surface area (Å²) in [5.41, 5.74) is 0.0669. The number of nitrogens with one attached hydrogen (secondary N) is 2. The standard InChI is InChI=1S/C26H35N3O6/c1-6-7-16-29(22(31)17-27-25(33)35-26(2,3)4)23(20-10-8-9-11-21(20)30)24(32)28-18-12-14-19(34-5)15-13-18/h8-15,23,30H,6-7,16-17H2,1-5H3,(H,27,33)(H,28,32). The molecule has 9 heteroatoms. The number of ether oxygens (including phenoxy) is 2. The van der Waals surface area contributed by atoms with E-state index in [1.54, 1.807) is 70.3 Å². The Hall–Kier alpha value is -3.75. The van der Waals surface area contributed by atoms with Crippen molar-refractivity contribution in [1.29, 1.82) is 0 Å². The zero-order chi connectivity index (χ0) is 26.0. The smallest absolute Gasteiger partial charge is 0.408 e. The molecule has 35 heavy (non-hydrogen) atoms. The number of carbonyl (C=O) groups excluding carboxylic acids is 3. The molecule has 9 nitrogen and oxygen atoms in total. The van der Waals surface area contributed by atoms with E-state index < -0.39 is 29.6 Å². The Morgan fingerprint density at radius 1 is 1.06 bits per heavy atom. The lowest BCUT2D eigenvalue weighted by molar-refractivity contribution is -0.138. The summed E-state index contributed by atoms with van der Waals surface area (Å²) in [6.45, 7) is 7.02. The van der Waals surface area contributed by atoms with Crippen LogP contribution in [0.2, 0.25) is 0 Å². The minimum Gasteiger partial charge on any atom is -0.508 e. The number of rotatable bonds is 10. The van der Waals surface area contributed by atoms with E-state index in [0.29, 0.717) is 17.9 Å². The summed E-state index contributed by atoms with van der Waals surface area (Å²) in [6.07, 6.45) is 0.665. The van der Waals surface area contributed by atoms with Crippen molar-refractivity contribution < 1.29 is 29.0 Å². The van der Waals surface area contributed by atoms with Crippen molar-refractivity contribution in [3.8, 4) is 11.5 Å². The number of phenols is 1. The van der Waals surface area contributed by atoms with Gasteiger partial charge in [-0.3, -0.25) is 9.59 Å². The van der Waals surface area contributed by atoms with Gasteiger partial charge in [0.05, 0.1) is 7.11 Å². The van der Waals surface area contributed by atoms with Crippen LogP contribution in [0.1, 0.15) is 52.1 Å². The lowest BCUT2D eigenvalue weighted by atomic mass is 10.0. The zero-order valence-electron chi connectivity index (χ0n) is 21.0. The van der Waals surface area contributed by atoms with Crippen LogP contribution in [0.3, 0.4) is 0 Å². The Morgan fingerprint density at radius 3 is 2.29 bits per heavy atom. The van der Waals surface area contributed by atoms with E-state index in [-0.39, 0.29) is 24.4 Å². The number of methoxy groups -OCH3 is 1. The molecule has 0 saturated carbocycles. The van der Waals surface area contributed by atoms with Crippen LogP contribution >= 0.6 is 0 Å². The quantitative estimate of drug-likeness (QED) is 0.464. The molecule has 3 amide bonds. The largest absolute Gasteiger partial charge is 0.508 e. The SMILES string of the molecule is CCCCN(C(=O)CNC(=O)OC(C)(C)C)C(C(=O)Nc1ccc(OC)cc1)c1ccccc1O. The van der Waals surface area contributed by atoms with Crippen LogP contribution < -0.4 is 15.4 Å². The molecular weight excluding hydrogens is 450 g/mol. The van der Waals surface area contributed by atoms with E-state index in [4.69, 9.17) is 9.47 Å². The molecule has 2 rings (SSSR count). The topological polar surface area (TPSA) is 117 Å². The molecule has 1 unspecified atom stereocenters. The van der Waals surface area contributed by atoms with E-state index in [1.807, 2.05) is 6.92 Å². The third-order valence-corrected chi connectivity index (χ3v) is 5.00. The van der Waals surface area contributed by atoms with Crippen molar-refractivity contribution in [3.63, 3.8) is 0 Å². The van der Waals surface area contributed by atoms with Gasteiger partial charge in [-0.1, -0.05) is 31.5 Å². The van der Waals surface area contributed by atoms with Gasteiger partial charge in [0.15, 0.2) is 0 Å². The van der Waals surface area contributed by atoms with Gasteiger partial charge in [0.1, 0.15) is 29.7 Å². The molecule has 190 valence electrons. The molecule has 0 aliphatic heterocycles. The van der Waals surface area contributed by atoms with Gasteiger partial charge in [-0.05, 0) is 57.5 Å². The van der Waals surface area contributed by atoms with Crippen LogP contribution in [0.15, 0.2) is 48.5 Å². The Morgan fingerprint density at radius 2 is 1.71 bits per heavy atom. The average molecular weight is 486 g/mol. The Balaban J connectivity index is 2.34. The summed E-state index contributed by atoms with van der Waals surface area (Å²) in [5, 5.41) is 15.8. The van der Waals surface area contributed by atoms with E-state index >= 15 is 0 Å². The van der Waals surface area contributed by atoms with Crippen LogP contribution in [0, 0.1) is 0 Å². The average Bonchev–Trinajstić information content (AvgIpc) is 2.80. The summed E-state index contributed by atoms with van der Waals surface area (Å²) >= 11 is 0. The van der Waals surface area contributed by atoms with E-state index in [1.165, 1.54) is 11.0 Å². The van der Waals surface area contributed by atoms with Crippen LogP contribution in [0.5, 0.6) is 11.5 Å². The Bertz CT molecular complexity index is 1000. The van der Waals surface area contributed by atoms with Crippen molar-refractivity contribution in [2.45, 2.75) is 52.2 Å². The van der Waals surface area contributed by atoms with Crippen molar-refractivity contribution in [2.75, 3.05) is 25.5 Å². The molecule has 0 saturated heterocycles. The highest BCUT2D eigenvalue weighted by atomic mass is 16.6. The highest BCUT2D eigenvalue weighted by Gasteiger charge is 2.33. The van der Waals surface area contributed by atoms with Crippen molar-refractivity contribution >= 4 is 23.6 Å². The fraction of sp³-hybridized carbons (Fsp3) is 0.423. The Kier molecular flexibility index (Phi) is 9.93. The van der Waals surface area contributed by atoms with Crippen LogP contribution in [0.25, 0.3) is 0 Å². The summed E-state index contributed by atoms with van der Waals surface area (Å²) in [6, 6.07) is 12.0. The molecule has 0 spiro atoms. The number of carbonyl (C=O) groups is 3. The van der Waals surface area contributed by atoms with E-state index in [0.717, 1.165) is 6.42 Å². The molecule has 2 aromatic rings.